The standard InChI is InChI=1S/C6H10N/c1-2-6(3-1)4-5-7-6/h2,7H,1,3-5H2. The molecule has 1 heteroatoms. The predicted molar refractivity (Wildman–Crippen MR) is 28.9 cm³/mol. The van der Waals surface area contributed by atoms with Gasteiger partial charge in [0.15, 0.2) is 0 Å². The summed E-state index contributed by atoms with van der Waals surface area (Å²) < 4.78 is 0. The molecule has 1 N–H and O–H groups in total. The minimum absolute atomic E-state index is 0.569. The lowest BCUT2D eigenvalue weighted by atomic mass is 9.70. The molecule has 1 atom stereocenters. The molecular formula is C6H10N. The lowest BCUT2D eigenvalue weighted by molar-refractivity contribution is 0.171. The first-order valence-corrected chi connectivity index (χ1v) is 3.01. The zero-order valence-electron chi connectivity index (χ0n) is 4.41. The van der Waals surface area contributed by atoms with Gasteiger partial charge in [-0.15, -0.1) is 0 Å². The van der Waals surface area contributed by atoms with Crippen LogP contribution in [0.2, 0.25) is 0 Å². The third kappa shape index (κ3) is 0.367. The average Bonchev–Trinajstić information content (AvgIpc) is 1.20. The van der Waals surface area contributed by atoms with E-state index < -0.39 is 0 Å². The minimum Gasteiger partial charge on any atom is -0.311 e. The highest BCUT2D eigenvalue weighted by Gasteiger charge is 2.41. The molecule has 0 aromatic heterocycles. The van der Waals surface area contributed by atoms with Gasteiger partial charge in [0, 0.05) is 5.54 Å². The molecular weight excluding hydrogens is 86.1 g/mol. The van der Waals surface area contributed by atoms with Crippen LogP contribution >= 0.6 is 0 Å². The Morgan fingerprint density at radius 3 is 2.14 bits per heavy atom. The SMILES string of the molecule is [CH]1CCC12CCN2. The van der Waals surface area contributed by atoms with Crippen molar-refractivity contribution < 1.29 is 0 Å². The number of hydrogen-bond acceptors (Lipinski definition) is 1. The third-order valence-corrected chi connectivity index (χ3v) is 2.17. The molecule has 2 aliphatic rings. The number of nitrogens with one attached hydrogen (secondary N) is 1. The van der Waals surface area contributed by atoms with Crippen LogP contribution in [0.4, 0.5) is 0 Å². The van der Waals surface area contributed by atoms with Crippen molar-refractivity contribution in [3.05, 3.63) is 6.42 Å². The van der Waals surface area contributed by atoms with E-state index in [0.29, 0.717) is 5.54 Å². The summed E-state index contributed by atoms with van der Waals surface area (Å²) in [4.78, 5) is 0. The van der Waals surface area contributed by atoms with Crippen molar-refractivity contribution in [1.29, 1.82) is 0 Å². The van der Waals surface area contributed by atoms with Crippen molar-refractivity contribution in [2.24, 2.45) is 0 Å². The first-order valence-electron chi connectivity index (χ1n) is 3.01. The molecule has 1 saturated heterocycles. The summed E-state index contributed by atoms with van der Waals surface area (Å²) in [5.74, 6) is 0. The summed E-state index contributed by atoms with van der Waals surface area (Å²) in [5.41, 5.74) is 0.569. The number of hydrogen-bond donors (Lipinski definition) is 1. The molecule has 1 saturated carbocycles. The van der Waals surface area contributed by atoms with Crippen LogP contribution in [-0.2, 0) is 0 Å². The second-order valence-electron chi connectivity index (χ2n) is 2.58. The van der Waals surface area contributed by atoms with Gasteiger partial charge in [0.1, 0.15) is 0 Å². The van der Waals surface area contributed by atoms with Gasteiger partial charge < -0.3 is 5.32 Å². The minimum atomic E-state index is 0.569. The van der Waals surface area contributed by atoms with E-state index >= 15 is 0 Å². The molecule has 2 fully saturated rings. The van der Waals surface area contributed by atoms with Crippen molar-refractivity contribution in [2.45, 2.75) is 24.8 Å². The molecule has 1 radical (unpaired) electrons. The molecule has 1 aliphatic carbocycles. The van der Waals surface area contributed by atoms with Crippen LogP contribution in [0.3, 0.4) is 0 Å². The Kier molecular flexibility index (Phi) is 0.571. The van der Waals surface area contributed by atoms with Crippen LogP contribution in [0.1, 0.15) is 19.3 Å². The van der Waals surface area contributed by atoms with Gasteiger partial charge in [0.05, 0.1) is 0 Å². The Bertz CT molecular complexity index is 64.7. The summed E-state index contributed by atoms with van der Waals surface area (Å²) in [6, 6.07) is 0. The summed E-state index contributed by atoms with van der Waals surface area (Å²) >= 11 is 0. The molecule has 0 aromatic rings. The average molecular weight is 96.2 g/mol. The van der Waals surface area contributed by atoms with E-state index in [4.69, 9.17) is 0 Å². The first-order chi connectivity index (χ1) is 3.41. The van der Waals surface area contributed by atoms with Crippen molar-refractivity contribution in [3.63, 3.8) is 0 Å². The quantitative estimate of drug-likeness (QED) is 0.468. The van der Waals surface area contributed by atoms with Gasteiger partial charge >= 0.3 is 0 Å². The van der Waals surface area contributed by atoms with Crippen LogP contribution in [-0.4, -0.2) is 12.1 Å². The van der Waals surface area contributed by atoms with Gasteiger partial charge in [0.25, 0.3) is 0 Å². The maximum absolute atomic E-state index is 3.40. The molecule has 1 heterocycles. The Morgan fingerprint density at radius 1 is 1.43 bits per heavy atom. The van der Waals surface area contributed by atoms with E-state index in [-0.39, 0.29) is 0 Å². The fraction of sp³-hybridized carbons (Fsp3) is 0.833. The van der Waals surface area contributed by atoms with Gasteiger partial charge in [-0.3, -0.25) is 0 Å². The van der Waals surface area contributed by atoms with Crippen LogP contribution in [0, 0.1) is 6.42 Å². The highest BCUT2D eigenvalue weighted by atomic mass is 15.1. The van der Waals surface area contributed by atoms with Crippen molar-refractivity contribution >= 4 is 0 Å². The van der Waals surface area contributed by atoms with E-state index in [1.807, 2.05) is 0 Å². The summed E-state index contributed by atoms with van der Waals surface area (Å²) in [5, 5.41) is 3.40. The van der Waals surface area contributed by atoms with Gasteiger partial charge in [-0.1, -0.05) is 0 Å². The molecule has 1 spiro atoms. The Hall–Kier alpha value is -0.0400. The molecule has 0 amide bonds. The van der Waals surface area contributed by atoms with Crippen LogP contribution in [0.15, 0.2) is 0 Å². The van der Waals surface area contributed by atoms with Crippen LogP contribution in [0.5, 0.6) is 0 Å². The van der Waals surface area contributed by atoms with Crippen molar-refractivity contribution in [1.82, 2.24) is 5.32 Å². The molecule has 0 aromatic carbocycles. The summed E-state index contributed by atoms with van der Waals surface area (Å²) in [6.45, 7) is 1.25. The lowest BCUT2D eigenvalue weighted by Crippen LogP contribution is -2.61. The maximum Gasteiger partial charge on any atom is 0.0225 e. The van der Waals surface area contributed by atoms with Crippen LogP contribution in [0.25, 0.3) is 0 Å². The van der Waals surface area contributed by atoms with E-state index in [1.54, 1.807) is 0 Å². The van der Waals surface area contributed by atoms with E-state index in [9.17, 15) is 0 Å². The summed E-state index contributed by atoms with van der Waals surface area (Å²) in [6.07, 6.45) is 6.53. The zero-order valence-corrected chi connectivity index (χ0v) is 4.41. The van der Waals surface area contributed by atoms with Crippen molar-refractivity contribution in [3.8, 4) is 0 Å². The van der Waals surface area contributed by atoms with Gasteiger partial charge in [-0.2, -0.15) is 0 Å². The van der Waals surface area contributed by atoms with Gasteiger partial charge in [-0.25, -0.2) is 0 Å². The highest BCUT2D eigenvalue weighted by Crippen LogP contribution is 2.37. The van der Waals surface area contributed by atoms with Crippen LogP contribution < -0.4 is 5.32 Å². The third-order valence-electron chi connectivity index (χ3n) is 2.17. The normalized spacial score (nSPS) is 34.3. The second kappa shape index (κ2) is 1.03. The predicted octanol–water partition coefficient (Wildman–Crippen LogP) is 0.717. The van der Waals surface area contributed by atoms with E-state index in [0.717, 1.165) is 0 Å². The van der Waals surface area contributed by atoms with E-state index in [1.165, 1.54) is 25.8 Å². The molecule has 2 rings (SSSR count). The second-order valence-corrected chi connectivity index (χ2v) is 2.58. The number of rotatable bonds is 0. The topological polar surface area (TPSA) is 12.0 Å². The molecule has 7 heavy (non-hydrogen) atoms. The Morgan fingerprint density at radius 2 is 2.14 bits per heavy atom. The molecule has 39 valence electrons. The zero-order chi connectivity index (χ0) is 4.74. The van der Waals surface area contributed by atoms with Gasteiger partial charge in [0.2, 0.25) is 0 Å². The molecule has 1 unspecified atom stereocenters. The summed E-state index contributed by atoms with van der Waals surface area (Å²) in [7, 11) is 0. The fourth-order valence-electron chi connectivity index (χ4n) is 1.33. The highest BCUT2D eigenvalue weighted by molar-refractivity contribution is 5.14. The Labute approximate surface area is 44.1 Å². The van der Waals surface area contributed by atoms with E-state index in [2.05, 4.69) is 11.7 Å². The largest absolute Gasteiger partial charge is 0.311 e. The molecule has 1 nitrogen and oxygen atoms in total. The van der Waals surface area contributed by atoms with Gasteiger partial charge in [-0.05, 0) is 32.2 Å². The lowest BCUT2D eigenvalue weighted by Gasteiger charge is -2.50. The monoisotopic (exact) mass is 96.1 g/mol. The first kappa shape index (κ1) is 3.90. The maximum atomic E-state index is 3.40. The molecule has 1 aliphatic heterocycles. The van der Waals surface area contributed by atoms with Crippen molar-refractivity contribution in [2.75, 3.05) is 6.54 Å². The molecule has 0 bridgehead atoms. The smallest absolute Gasteiger partial charge is 0.0225 e. The Balaban J connectivity index is 2.00. The fourth-order valence-corrected chi connectivity index (χ4v) is 1.33.